The smallest absolute Gasteiger partial charge is 0.335 e. The molecule has 1 rings (SSSR count). The van der Waals surface area contributed by atoms with Crippen LogP contribution in [0.25, 0.3) is 0 Å². The molecule has 8 heteroatoms. The van der Waals surface area contributed by atoms with Gasteiger partial charge in [-0.3, -0.25) is 9.59 Å². The van der Waals surface area contributed by atoms with E-state index < -0.39 is 17.9 Å². The number of aromatic carboxylic acids is 1. The van der Waals surface area contributed by atoms with Crippen molar-refractivity contribution >= 4 is 41.1 Å². The van der Waals surface area contributed by atoms with Crippen LogP contribution >= 0.6 is 23.2 Å². The first-order valence-corrected chi connectivity index (χ1v) is 6.95. The van der Waals surface area contributed by atoms with Gasteiger partial charge in [0.2, 0.25) is 0 Å². The number of halogens is 2. The molecule has 0 unspecified atom stereocenters. The predicted molar refractivity (Wildman–Crippen MR) is 75.3 cm³/mol. The molecule has 0 saturated heterocycles. The fourth-order valence-electron chi connectivity index (χ4n) is 1.33. The van der Waals surface area contributed by atoms with E-state index in [-0.39, 0.29) is 41.7 Å². The summed E-state index contributed by atoms with van der Waals surface area (Å²) >= 11 is 10.8. The molecule has 0 aromatic heterocycles. The first-order chi connectivity index (χ1) is 9.96. The second kappa shape index (κ2) is 8.49. The zero-order chi connectivity index (χ0) is 15.8. The number of carboxylic acids is 1. The van der Waals surface area contributed by atoms with Crippen molar-refractivity contribution in [3.05, 3.63) is 23.8 Å². The van der Waals surface area contributed by atoms with Gasteiger partial charge in [-0.2, -0.15) is 0 Å². The molecule has 0 radical (unpaired) electrons. The molecule has 0 fully saturated rings. The Morgan fingerprint density at radius 2 is 1.33 bits per heavy atom. The zero-order valence-corrected chi connectivity index (χ0v) is 12.3. The van der Waals surface area contributed by atoms with Gasteiger partial charge < -0.3 is 14.6 Å². The predicted octanol–water partition coefficient (Wildman–Crippen LogP) is 2.45. The van der Waals surface area contributed by atoms with Crippen LogP contribution in [0.3, 0.4) is 0 Å². The van der Waals surface area contributed by atoms with Crippen molar-refractivity contribution in [2.45, 2.75) is 12.8 Å². The first kappa shape index (κ1) is 17.3. The Morgan fingerprint density at radius 1 is 0.905 bits per heavy atom. The van der Waals surface area contributed by atoms with Crippen molar-refractivity contribution in [1.29, 1.82) is 0 Å². The summed E-state index contributed by atoms with van der Waals surface area (Å²) in [5.41, 5.74) is -0.181. The van der Waals surface area contributed by atoms with Gasteiger partial charge in [0.15, 0.2) is 0 Å². The van der Waals surface area contributed by atoms with Crippen molar-refractivity contribution in [3.8, 4) is 11.5 Å². The third kappa shape index (κ3) is 6.01. The van der Waals surface area contributed by atoms with E-state index in [4.69, 9.17) is 37.8 Å². The van der Waals surface area contributed by atoms with Crippen molar-refractivity contribution < 1.29 is 29.0 Å². The average molecular weight is 335 g/mol. The van der Waals surface area contributed by atoms with Gasteiger partial charge in [-0.05, 0) is 12.1 Å². The molecular formula is C13H12Cl2O6. The largest absolute Gasteiger partial charge is 0.478 e. The van der Waals surface area contributed by atoms with Crippen LogP contribution in [0.15, 0.2) is 18.2 Å². The van der Waals surface area contributed by atoms with Crippen molar-refractivity contribution in [2.24, 2.45) is 0 Å². The minimum Gasteiger partial charge on any atom is -0.478 e. The van der Waals surface area contributed by atoms with Crippen LogP contribution < -0.4 is 9.47 Å². The van der Waals surface area contributed by atoms with Gasteiger partial charge in [0.25, 0.3) is 0 Å². The van der Waals surface area contributed by atoms with Crippen LogP contribution in [0.5, 0.6) is 11.5 Å². The van der Waals surface area contributed by atoms with Gasteiger partial charge in [-0.15, -0.1) is 23.2 Å². The summed E-state index contributed by atoms with van der Waals surface area (Å²) in [6.45, 7) is 0. The second-order valence-electron chi connectivity index (χ2n) is 3.82. The molecule has 0 saturated carbocycles. The molecule has 0 atom stereocenters. The van der Waals surface area contributed by atoms with Crippen LogP contribution in [0.1, 0.15) is 23.2 Å². The lowest BCUT2D eigenvalue weighted by Crippen LogP contribution is -2.11. The van der Waals surface area contributed by atoms with Crippen molar-refractivity contribution in [3.63, 3.8) is 0 Å². The molecule has 114 valence electrons. The molecule has 6 nitrogen and oxygen atoms in total. The number of alkyl halides is 2. The monoisotopic (exact) mass is 334 g/mol. The van der Waals surface area contributed by atoms with E-state index in [1.54, 1.807) is 0 Å². The van der Waals surface area contributed by atoms with Crippen LogP contribution in [0.2, 0.25) is 0 Å². The molecular weight excluding hydrogens is 323 g/mol. The Balaban J connectivity index is 2.97. The van der Waals surface area contributed by atoms with E-state index in [0.29, 0.717) is 0 Å². The van der Waals surface area contributed by atoms with E-state index in [2.05, 4.69) is 0 Å². The number of benzene rings is 1. The van der Waals surface area contributed by atoms with E-state index in [0.717, 1.165) is 12.1 Å². The Bertz CT molecular complexity index is 505. The first-order valence-electron chi connectivity index (χ1n) is 5.88. The van der Waals surface area contributed by atoms with Crippen LogP contribution in [-0.2, 0) is 9.59 Å². The molecule has 0 amide bonds. The number of esters is 2. The second-order valence-corrected chi connectivity index (χ2v) is 4.58. The third-order valence-electron chi connectivity index (χ3n) is 2.19. The molecule has 0 aliphatic heterocycles. The standard InChI is InChI=1S/C13H12Cl2O6/c14-3-1-11(16)20-9-5-8(13(18)19)6-10(7-9)21-12(17)2-4-15/h5-7H,1-4H2,(H,18,19). The van der Waals surface area contributed by atoms with Gasteiger partial charge in [0.05, 0.1) is 18.4 Å². The molecule has 21 heavy (non-hydrogen) atoms. The van der Waals surface area contributed by atoms with E-state index in [9.17, 15) is 14.4 Å². The summed E-state index contributed by atoms with van der Waals surface area (Å²) in [5.74, 6) is -2.42. The summed E-state index contributed by atoms with van der Waals surface area (Å²) in [5, 5.41) is 8.99. The minimum absolute atomic E-state index is 0.0276. The maximum Gasteiger partial charge on any atom is 0.335 e. The fourth-order valence-corrected chi connectivity index (χ4v) is 1.64. The normalized spacial score (nSPS) is 10.0. The quantitative estimate of drug-likeness (QED) is 0.468. The highest BCUT2D eigenvalue weighted by Gasteiger charge is 2.13. The summed E-state index contributed by atoms with van der Waals surface area (Å²) in [4.78, 5) is 33.7. The summed E-state index contributed by atoms with van der Waals surface area (Å²) in [6, 6.07) is 3.53. The molecule has 0 heterocycles. The summed E-state index contributed by atoms with van der Waals surface area (Å²) in [7, 11) is 0. The molecule has 1 aromatic rings. The van der Waals surface area contributed by atoms with E-state index in [1.165, 1.54) is 6.07 Å². The lowest BCUT2D eigenvalue weighted by atomic mass is 10.2. The van der Waals surface area contributed by atoms with Crippen LogP contribution in [0.4, 0.5) is 0 Å². The number of ether oxygens (including phenoxy) is 2. The van der Waals surface area contributed by atoms with Gasteiger partial charge in [0, 0.05) is 17.8 Å². The van der Waals surface area contributed by atoms with Crippen LogP contribution in [-0.4, -0.2) is 34.8 Å². The topological polar surface area (TPSA) is 89.9 Å². The van der Waals surface area contributed by atoms with Gasteiger partial charge in [0.1, 0.15) is 11.5 Å². The van der Waals surface area contributed by atoms with Crippen molar-refractivity contribution in [1.82, 2.24) is 0 Å². The number of carboxylic acid groups (broad SMARTS) is 1. The molecule has 0 spiro atoms. The highest BCUT2D eigenvalue weighted by molar-refractivity contribution is 6.19. The Kier molecular flexibility index (Phi) is 6.98. The molecule has 0 aliphatic carbocycles. The van der Waals surface area contributed by atoms with Gasteiger partial charge in [-0.25, -0.2) is 4.79 Å². The van der Waals surface area contributed by atoms with Crippen LogP contribution in [0, 0.1) is 0 Å². The Morgan fingerprint density at radius 3 is 1.67 bits per heavy atom. The van der Waals surface area contributed by atoms with E-state index >= 15 is 0 Å². The summed E-state index contributed by atoms with van der Waals surface area (Å²) in [6.07, 6.45) is -0.0551. The number of carbonyl (C=O) groups is 3. The SMILES string of the molecule is O=C(CCCl)Oc1cc(OC(=O)CCCl)cc(C(=O)O)c1. The van der Waals surface area contributed by atoms with Gasteiger partial charge >= 0.3 is 17.9 Å². The minimum atomic E-state index is -1.25. The highest BCUT2D eigenvalue weighted by atomic mass is 35.5. The zero-order valence-electron chi connectivity index (χ0n) is 10.8. The van der Waals surface area contributed by atoms with Crippen molar-refractivity contribution in [2.75, 3.05) is 11.8 Å². The lowest BCUT2D eigenvalue weighted by molar-refractivity contribution is -0.134. The molecule has 0 aliphatic rings. The molecule has 1 aromatic carbocycles. The molecule has 0 bridgehead atoms. The third-order valence-corrected chi connectivity index (χ3v) is 2.57. The Labute approximate surface area is 130 Å². The maximum absolute atomic E-state index is 11.4. The summed E-state index contributed by atoms with van der Waals surface area (Å²) < 4.78 is 9.85. The lowest BCUT2D eigenvalue weighted by Gasteiger charge is -2.08. The highest BCUT2D eigenvalue weighted by Crippen LogP contribution is 2.24. The van der Waals surface area contributed by atoms with Gasteiger partial charge in [-0.1, -0.05) is 0 Å². The molecule has 1 N–H and O–H groups in total. The average Bonchev–Trinajstić information content (AvgIpc) is 2.38. The van der Waals surface area contributed by atoms with E-state index in [1.807, 2.05) is 0 Å². The number of rotatable bonds is 7. The number of hydrogen-bond acceptors (Lipinski definition) is 5. The fraction of sp³-hybridized carbons (Fsp3) is 0.308. The number of carbonyl (C=O) groups excluding carboxylic acids is 2. The maximum atomic E-state index is 11.4. The number of hydrogen-bond donors (Lipinski definition) is 1. The Hall–Kier alpha value is -1.79.